The van der Waals surface area contributed by atoms with E-state index in [9.17, 15) is 4.79 Å². The van der Waals surface area contributed by atoms with E-state index >= 15 is 0 Å². The van der Waals surface area contributed by atoms with Gasteiger partial charge < -0.3 is 5.32 Å². The van der Waals surface area contributed by atoms with E-state index in [1.165, 1.54) is 0 Å². The van der Waals surface area contributed by atoms with Gasteiger partial charge in [-0.1, -0.05) is 22.9 Å². The second kappa shape index (κ2) is 8.16. The molecule has 0 fully saturated rings. The molecule has 1 amide bonds. The molecule has 0 unspecified atom stereocenters. The van der Waals surface area contributed by atoms with Gasteiger partial charge in [-0.05, 0) is 54.6 Å². The molecule has 124 valence electrons. The smallest absolute Gasteiger partial charge is 0.238 e. The van der Waals surface area contributed by atoms with Crippen molar-refractivity contribution in [2.75, 3.05) is 18.9 Å². The fraction of sp³-hybridized carbons (Fsp3) is 0.467. The number of aryl methyl sites for hydroxylation is 2. The highest BCUT2D eigenvalue weighted by Crippen LogP contribution is 2.19. The Hall–Kier alpha value is -1.80. The average molecular weight is 381 g/mol. The number of rotatable bonds is 7. The summed E-state index contributed by atoms with van der Waals surface area (Å²) in [5.74, 6) is 0.703. The highest BCUT2D eigenvalue weighted by Gasteiger charge is 2.12. The largest absolute Gasteiger partial charge is 0.325 e. The first-order chi connectivity index (χ1) is 11.0. The van der Waals surface area contributed by atoms with Gasteiger partial charge in [-0.25, -0.2) is 4.68 Å². The third kappa shape index (κ3) is 5.11. The molecule has 0 saturated heterocycles. The van der Waals surface area contributed by atoms with E-state index in [1.54, 1.807) is 4.68 Å². The predicted octanol–water partition coefficient (Wildman–Crippen LogP) is 2.22. The number of hydrogen-bond donors (Lipinski definition) is 1. The van der Waals surface area contributed by atoms with Crippen LogP contribution < -0.4 is 5.32 Å². The zero-order valence-electron chi connectivity index (χ0n) is 13.6. The summed E-state index contributed by atoms with van der Waals surface area (Å²) in [7, 11) is 1.87. The van der Waals surface area contributed by atoms with Crippen molar-refractivity contribution < 1.29 is 4.79 Å². The minimum Gasteiger partial charge on any atom is -0.325 e. The summed E-state index contributed by atoms with van der Waals surface area (Å²) in [6.07, 6.45) is 0.963. The number of hydrogen-bond acceptors (Lipinski definition) is 5. The quantitative estimate of drug-likeness (QED) is 0.796. The van der Waals surface area contributed by atoms with Gasteiger partial charge in [0.25, 0.3) is 0 Å². The zero-order chi connectivity index (χ0) is 16.8. The van der Waals surface area contributed by atoms with Gasteiger partial charge in [0, 0.05) is 16.7 Å². The number of tetrazole rings is 1. The number of halogens is 1. The van der Waals surface area contributed by atoms with Crippen LogP contribution in [0, 0.1) is 6.92 Å². The van der Waals surface area contributed by atoms with Crippen LogP contribution in [0.1, 0.15) is 24.7 Å². The van der Waals surface area contributed by atoms with Gasteiger partial charge in [0.15, 0.2) is 5.82 Å². The van der Waals surface area contributed by atoms with E-state index in [4.69, 9.17) is 0 Å². The monoisotopic (exact) mass is 380 g/mol. The molecule has 1 aromatic heterocycles. The first kappa shape index (κ1) is 17.6. The number of amides is 1. The first-order valence-corrected chi connectivity index (χ1v) is 8.28. The molecule has 2 aromatic rings. The molecule has 2 rings (SSSR count). The lowest BCUT2D eigenvalue weighted by molar-refractivity contribution is -0.117. The van der Waals surface area contributed by atoms with Crippen LogP contribution in [0.2, 0.25) is 0 Å². The SMILES string of the molecule is CCCn1nnnc1CN(C)CC(=O)Nc1ccc(Br)cc1C. The number of nitrogens with zero attached hydrogens (tertiary/aromatic N) is 5. The van der Waals surface area contributed by atoms with Crippen molar-refractivity contribution in [3.05, 3.63) is 34.1 Å². The third-order valence-electron chi connectivity index (χ3n) is 3.33. The summed E-state index contributed by atoms with van der Waals surface area (Å²) in [4.78, 5) is 14.1. The summed E-state index contributed by atoms with van der Waals surface area (Å²) in [5, 5.41) is 14.6. The Bertz CT molecular complexity index is 672. The number of carbonyl (C=O) groups is 1. The van der Waals surface area contributed by atoms with E-state index in [0.717, 1.165) is 34.5 Å². The molecule has 0 spiro atoms. The second-order valence-electron chi connectivity index (χ2n) is 5.50. The molecule has 0 aliphatic heterocycles. The van der Waals surface area contributed by atoms with Gasteiger partial charge in [-0.15, -0.1) is 5.10 Å². The lowest BCUT2D eigenvalue weighted by atomic mass is 10.2. The van der Waals surface area contributed by atoms with Crippen LogP contribution >= 0.6 is 15.9 Å². The van der Waals surface area contributed by atoms with Gasteiger partial charge in [0.2, 0.25) is 5.91 Å². The average Bonchev–Trinajstić information content (AvgIpc) is 2.89. The van der Waals surface area contributed by atoms with Crippen LogP contribution in [0.5, 0.6) is 0 Å². The second-order valence-corrected chi connectivity index (χ2v) is 6.41. The molecular weight excluding hydrogens is 360 g/mol. The number of aromatic nitrogens is 4. The molecule has 0 saturated carbocycles. The van der Waals surface area contributed by atoms with Crippen molar-refractivity contribution in [1.82, 2.24) is 25.1 Å². The molecule has 1 aromatic carbocycles. The normalized spacial score (nSPS) is 11.0. The van der Waals surface area contributed by atoms with Gasteiger partial charge in [-0.3, -0.25) is 9.69 Å². The molecule has 1 heterocycles. The summed E-state index contributed by atoms with van der Waals surface area (Å²) in [6, 6.07) is 5.77. The molecule has 0 aliphatic carbocycles. The maximum Gasteiger partial charge on any atom is 0.238 e. The number of nitrogens with one attached hydrogen (secondary N) is 1. The third-order valence-corrected chi connectivity index (χ3v) is 3.82. The van der Waals surface area contributed by atoms with E-state index in [2.05, 4.69) is 43.7 Å². The highest BCUT2D eigenvalue weighted by atomic mass is 79.9. The molecular formula is C15H21BrN6O. The van der Waals surface area contributed by atoms with E-state index < -0.39 is 0 Å². The molecule has 0 radical (unpaired) electrons. The Morgan fingerprint density at radius 2 is 2.22 bits per heavy atom. The summed E-state index contributed by atoms with van der Waals surface area (Å²) in [5.41, 5.74) is 1.84. The van der Waals surface area contributed by atoms with Crippen LogP contribution in [-0.2, 0) is 17.9 Å². The number of benzene rings is 1. The lowest BCUT2D eigenvalue weighted by Gasteiger charge is -2.16. The molecule has 8 heteroatoms. The standard InChI is InChI=1S/C15H21BrN6O/c1-4-7-22-14(18-19-20-22)9-21(3)10-15(23)17-13-6-5-12(16)8-11(13)2/h5-6,8H,4,7,9-10H2,1-3H3,(H,17,23). The van der Waals surface area contributed by atoms with Gasteiger partial charge in [0.05, 0.1) is 13.1 Å². The predicted molar refractivity (Wildman–Crippen MR) is 92.0 cm³/mol. The lowest BCUT2D eigenvalue weighted by Crippen LogP contribution is -2.31. The Balaban J connectivity index is 1.90. The molecule has 0 atom stereocenters. The van der Waals surface area contributed by atoms with Crippen molar-refractivity contribution in [2.45, 2.75) is 33.4 Å². The highest BCUT2D eigenvalue weighted by molar-refractivity contribution is 9.10. The van der Waals surface area contributed by atoms with Crippen LogP contribution in [-0.4, -0.2) is 44.6 Å². The number of anilines is 1. The molecule has 7 nitrogen and oxygen atoms in total. The van der Waals surface area contributed by atoms with Crippen LogP contribution in [0.15, 0.2) is 22.7 Å². The van der Waals surface area contributed by atoms with Gasteiger partial charge >= 0.3 is 0 Å². The summed E-state index contributed by atoms with van der Waals surface area (Å²) in [6.45, 7) is 5.61. The Morgan fingerprint density at radius 1 is 1.43 bits per heavy atom. The van der Waals surface area contributed by atoms with E-state index in [-0.39, 0.29) is 12.5 Å². The van der Waals surface area contributed by atoms with Crippen molar-refractivity contribution in [1.29, 1.82) is 0 Å². The number of carbonyl (C=O) groups excluding carboxylic acids is 1. The Morgan fingerprint density at radius 3 is 2.91 bits per heavy atom. The maximum absolute atomic E-state index is 12.2. The van der Waals surface area contributed by atoms with Crippen molar-refractivity contribution >= 4 is 27.5 Å². The fourth-order valence-electron chi connectivity index (χ4n) is 2.22. The Labute approximate surface area is 144 Å². The topological polar surface area (TPSA) is 75.9 Å². The van der Waals surface area contributed by atoms with Gasteiger partial charge in [-0.2, -0.15) is 0 Å². The molecule has 0 bridgehead atoms. The van der Waals surface area contributed by atoms with Crippen molar-refractivity contribution in [3.8, 4) is 0 Å². The molecule has 23 heavy (non-hydrogen) atoms. The fourth-order valence-corrected chi connectivity index (χ4v) is 2.70. The Kier molecular flexibility index (Phi) is 6.23. The van der Waals surface area contributed by atoms with Crippen LogP contribution in [0.25, 0.3) is 0 Å². The summed E-state index contributed by atoms with van der Waals surface area (Å²) >= 11 is 3.41. The molecule has 0 aliphatic rings. The van der Waals surface area contributed by atoms with E-state index in [1.807, 2.05) is 37.1 Å². The van der Waals surface area contributed by atoms with Crippen molar-refractivity contribution in [2.24, 2.45) is 0 Å². The first-order valence-electron chi connectivity index (χ1n) is 7.49. The summed E-state index contributed by atoms with van der Waals surface area (Å²) < 4.78 is 2.76. The van der Waals surface area contributed by atoms with Crippen molar-refractivity contribution in [3.63, 3.8) is 0 Å². The maximum atomic E-state index is 12.2. The minimum atomic E-state index is -0.0626. The van der Waals surface area contributed by atoms with E-state index in [0.29, 0.717) is 6.54 Å². The molecule has 1 N–H and O–H groups in total. The van der Waals surface area contributed by atoms with Crippen LogP contribution in [0.3, 0.4) is 0 Å². The zero-order valence-corrected chi connectivity index (χ0v) is 15.2. The van der Waals surface area contributed by atoms with Crippen LogP contribution in [0.4, 0.5) is 5.69 Å². The number of likely N-dealkylation sites (N-methyl/N-ethyl adjacent to an activating group) is 1. The minimum absolute atomic E-state index is 0.0626. The van der Waals surface area contributed by atoms with Gasteiger partial charge in [0.1, 0.15) is 0 Å².